The van der Waals surface area contributed by atoms with Gasteiger partial charge >= 0.3 is 12.2 Å². The molecule has 0 bridgehead atoms. The Morgan fingerprint density at radius 2 is 1.80 bits per heavy atom. The number of benzene rings is 1. The molecule has 1 saturated heterocycles. The molecule has 1 aromatic carbocycles. The van der Waals surface area contributed by atoms with Crippen LogP contribution in [-0.2, 0) is 20.6 Å². The van der Waals surface area contributed by atoms with Gasteiger partial charge in [-0.25, -0.2) is 4.79 Å². The number of carbonyl (C=O) groups is 4. The number of halogens is 3. The number of alkyl halides is 3. The van der Waals surface area contributed by atoms with Crippen molar-refractivity contribution in [2.45, 2.75) is 50.7 Å². The van der Waals surface area contributed by atoms with Crippen LogP contribution in [0.4, 0.5) is 29.3 Å². The molecule has 0 radical (unpaired) electrons. The van der Waals surface area contributed by atoms with Crippen molar-refractivity contribution in [3.63, 3.8) is 0 Å². The number of carbonyl (C=O) groups excluding carboxylic acids is 4. The maximum atomic E-state index is 13.0. The van der Waals surface area contributed by atoms with Crippen LogP contribution in [0.1, 0.15) is 44.6 Å². The molecular weight excluding hydrogens is 405 g/mol. The highest BCUT2D eigenvalue weighted by Gasteiger charge is 2.52. The summed E-state index contributed by atoms with van der Waals surface area (Å²) in [7, 11) is 0. The first-order chi connectivity index (χ1) is 14.0. The van der Waals surface area contributed by atoms with Crippen molar-refractivity contribution in [1.82, 2.24) is 10.2 Å². The summed E-state index contributed by atoms with van der Waals surface area (Å²) in [5, 5.41) is 7.36. The zero-order valence-electron chi connectivity index (χ0n) is 16.2. The average Bonchev–Trinajstić information content (AvgIpc) is 3.19. The highest BCUT2D eigenvalue weighted by atomic mass is 19.4. The molecule has 1 aromatic rings. The second-order valence-corrected chi connectivity index (χ2v) is 7.41. The largest absolute Gasteiger partial charge is 0.416 e. The van der Waals surface area contributed by atoms with Gasteiger partial charge in [0.2, 0.25) is 11.8 Å². The second kappa shape index (κ2) is 7.96. The van der Waals surface area contributed by atoms with E-state index in [1.165, 1.54) is 6.92 Å². The van der Waals surface area contributed by atoms with Gasteiger partial charge in [0, 0.05) is 19.9 Å². The minimum atomic E-state index is -4.64. The SMILES string of the molecule is CC(=O)Nc1ccc(C(F)(F)F)cc1NC(=O)CCN1C(=O)NC2(CCCC2)C1=O. The van der Waals surface area contributed by atoms with Gasteiger partial charge in [0.1, 0.15) is 5.54 Å². The second-order valence-electron chi connectivity index (χ2n) is 7.41. The molecule has 1 aliphatic carbocycles. The third kappa shape index (κ3) is 4.39. The van der Waals surface area contributed by atoms with E-state index in [0.29, 0.717) is 18.9 Å². The molecule has 162 valence electrons. The van der Waals surface area contributed by atoms with E-state index in [2.05, 4.69) is 16.0 Å². The zero-order chi connectivity index (χ0) is 22.1. The Hall–Kier alpha value is -3.11. The van der Waals surface area contributed by atoms with E-state index in [9.17, 15) is 32.3 Å². The predicted octanol–water partition coefficient (Wildman–Crippen LogP) is 2.86. The molecule has 1 spiro atoms. The summed E-state index contributed by atoms with van der Waals surface area (Å²) in [4.78, 5) is 49.3. The molecular formula is C19H21F3N4O4. The number of hydrogen-bond donors (Lipinski definition) is 3. The topological polar surface area (TPSA) is 108 Å². The van der Waals surface area contributed by atoms with Gasteiger partial charge in [-0.1, -0.05) is 12.8 Å². The van der Waals surface area contributed by atoms with Gasteiger partial charge in [0.15, 0.2) is 0 Å². The lowest BCUT2D eigenvalue weighted by molar-refractivity contribution is -0.137. The van der Waals surface area contributed by atoms with Crippen LogP contribution < -0.4 is 16.0 Å². The van der Waals surface area contributed by atoms with Gasteiger partial charge in [-0.05, 0) is 31.0 Å². The van der Waals surface area contributed by atoms with Crippen LogP contribution in [0.2, 0.25) is 0 Å². The van der Waals surface area contributed by atoms with Gasteiger partial charge in [-0.15, -0.1) is 0 Å². The summed E-state index contributed by atoms with van der Waals surface area (Å²) in [5.74, 6) is -1.60. The molecule has 1 saturated carbocycles. The first-order valence-electron chi connectivity index (χ1n) is 9.45. The highest BCUT2D eigenvalue weighted by molar-refractivity contribution is 6.07. The van der Waals surface area contributed by atoms with Crippen LogP contribution >= 0.6 is 0 Å². The normalized spacial score (nSPS) is 17.9. The summed E-state index contributed by atoms with van der Waals surface area (Å²) in [6.07, 6.45) is -2.20. The van der Waals surface area contributed by atoms with E-state index in [-0.39, 0.29) is 30.2 Å². The number of hydrogen-bond acceptors (Lipinski definition) is 4. The maximum Gasteiger partial charge on any atom is 0.416 e. The van der Waals surface area contributed by atoms with Gasteiger partial charge in [-0.2, -0.15) is 13.2 Å². The molecule has 3 N–H and O–H groups in total. The Bertz CT molecular complexity index is 894. The number of urea groups is 1. The Labute approximate surface area is 170 Å². The summed E-state index contributed by atoms with van der Waals surface area (Å²) in [6, 6.07) is 1.97. The number of anilines is 2. The van der Waals surface area contributed by atoms with E-state index in [1.807, 2.05) is 0 Å². The van der Waals surface area contributed by atoms with Crippen LogP contribution in [0.3, 0.4) is 0 Å². The number of nitrogens with one attached hydrogen (secondary N) is 3. The van der Waals surface area contributed by atoms with Crippen molar-refractivity contribution in [3.05, 3.63) is 23.8 Å². The third-order valence-electron chi connectivity index (χ3n) is 5.20. The molecule has 0 atom stereocenters. The van der Waals surface area contributed by atoms with Gasteiger partial charge < -0.3 is 16.0 Å². The van der Waals surface area contributed by atoms with Crippen molar-refractivity contribution >= 4 is 35.1 Å². The molecule has 30 heavy (non-hydrogen) atoms. The average molecular weight is 426 g/mol. The third-order valence-corrected chi connectivity index (χ3v) is 5.20. The number of amides is 5. The minimum Gasteiger partial charge on any atom is -0.325 e. The van der Waals surface area contributed by atoms with Crippen LogP contribution in [0.15, 0.2) is 18.2 Å². The summed E-state index contributed by atoms with van der Waals surface area (Å²) in [6.45, 7) is 0.979. The van der Waals surface area contributed by atoms with Crippen molar-refractivity contribution in [2.75, 3.05) is 17.2 Å². The number of rotatable bonds is 5. The molecule has 11 heteroatoms. The zero-order valence-corrected chi connectivity index (χ0v) is 16.2. The molecule has 2 fully saturated rings. The highest BCUT2D eigenvalue weighted by Crippen LogP contribution is 2.36. The van der Waals surface area contributed by atoms with E-state index in [0.717, 1.165) is 29.9 Å². The Morgan fingerprint density at radius 3 is 2.40 bits per heavy atom. The van der Waals surface area contributed by atoms with Crippen molar-refractivity contribution in [3.8, 4) is 0 Å². The summed E-state index contributed by atoms with van der Waals surface area (Å²) in [5.41, 5.74) is -2.12. The molecule has 1 aliphatic heterocycles. The lowest BCUT2D eigenvalue weighted by atomic mass is 9.98. The molecule has 8 nitrogen and oxygen atoms in total. The number of nitrogens with zero attached hydrogens (tertiary/aromatic N) is 1. The van der Waals surface area contributed by atoms with E-state index < -0.39 is 35.1 Å². The Morgan fingerprint density at radius 1 is 1.13 bits per heavy atom. The molecule has 3 rings (SSSR count). The summed E-state index contributed by atoms with van der Waals surface area (Å²) < 4.78 is 39.0. The quantitative estimate of drug-likeness (QED) is 0.630. The van der Waals surface area contributed by atoms with E-state index >= 15 is 0 Å². The van der Waals surface area contributed by atoms with Crippen molar-refractivity contribution < 1.29 is 32.3 Å². The fourth-order valence-electron chi connectivity index (χ4n) is 3.75. The van der Waals surface area contributed by atoms with E-state index in [1.54, 1.807) is 0 Å². The molecule has 0 aromatic heterocycles. The predicted molar refractivity (Wildman–Crippen MR) is 100 cm³/mol. The fraction of sp³-hybridized carbons (Fsp3) is 0.474. The lowest BCUT2D eigenvalue weighted by Gasteiger charge is -2.20. The standard InChI is InChI=1S/C19H21F3N4O4/c1-11(27)23-13-5-4-12(19(20,21)22)10-14(13)24-15(28)6-9-26-16(29)18(25-17(26)30)7-2-3-8-18/h4-5,10H,2-3,6-9H2,1H3,(H,23,27)(H,24,28)(H,25,30). The lowest BCUT2D eigenvalue weighted by Crippen LogP contribution is -2.44. The van der Waals surface area contributed by atoms with Gasteiger partial charge in [0.05, 0.1) is 16.9 Å². The van der Waals surface area contributed by atoms with Gasteiger partial charge in [0.25, 0.3) is 5.91 Å². The van der Waals surface area contributed by atoms with Crippen LogP contribution in [-0.4, -0.2) is 40.7 Å². The Kier molecular flexibility index (Phi) is 5.73. The maximum absolute atomic E-state index is 13.0. The Balaban J connectivity index is 1.69. The van der Waals surface area contributed by atoms with Crippen molar-refractivity contribution in [1.29, 1.82) is 0 Å². The molecule has 0 unspecified atom stereocenters. The van der Waals surface area contributed by atoms with Crippen LogP contribution in [0.25, 0.3) is 0 Å². The van der Waals surface area contributed by atoms with Crippen LogP contribution in [0.5, 0.6) is 0 Å². The molecule has 5 amide bonds. The monoisotopic (exact) mass is 426 g/mol. The molecule has 1 heterocycles. The first kappa shape index (κ1) is 21.6. The first-order valence-corrected chi connectivity index (χ1v) is 9.45. The fourth-order valence-corrected chi connectivity index (χ4v) is 3.75. The minimum absolute atomic E-state index is 0.00347. The summed E-state index contributed by atoms with van der Waals surface area (Å²) >= 11 is 0. The van der Waals surface area contributed by atoms with Crippen LogP contribution in [0, 0.1) is 0 Å². The van der Waals surface area contributed by atoms with E-state index in [4.69, 9.17) is 0 Å². The van der Waals surface area contributed by atoms with Gasteiger partial charge in [-0.3, -0.25) is 19.3 Å². The van der Waals surface area contributed by atoms with Crippen molar-refractivity contribution in [2.24, 2.45) is 0 Å². The number of imide groups is 1. The smallest absolute Gasteiger partial charge is 0.325 e. The molecule has 2 aliphatic rings.